The number of benzene rings is 3. The van der Waals surface area contributed by atoms with Crippen LogP contribution in [-0.2, 0) is 20.7 Å². The highest BCUT2D eigenvalue weighted by Gasteiger charge is 2.45. The van der Waals surface area contributed by atoms with Gasteiger partial charge in [-0.3, -0.25) is 9.59 Å². The minimum absolute atomic E-state index is 0.0322. The zero-order valence-corrected chi connectivity index (χ0v) is 19.7. The first-order valence-corrected chi connectivity index (χ1v) is 11.4. The first-order valence-electron chi connectivity index (χ1n) is 10.6. The number of nitriles is 1. The second-order valence-corrected chi connectivity index (χ2v) is 8.94. The number of amides is 1. The topological polar surface area (TPSA) is 90.6 Å². The van der Waals surface area contributed by atoms with Crippen molar-refractivity contribution in [2.45, 2.75) is 24.7 Å². The van der Waals surface area contributed by atoms with E-state index in [4.69, 9.17) is 27.9 Å². The lowest BCUT2D eigenvalue weighted by molar-refractivity contribution is -0.177. The number of carboxylic acids is 1. The van der Waals surface area contributed by atoms with Crippen molar-refractivity contribution in [3.8, 4) is 6.07 Å². The van der Waals surface area contributed by atoms with Crippen LogP contribution in [-0.4, -0.2) is 34.5 Å². The molecule has 6 nitrogen and oxygen atoms in total. The number of halogens is 3. The Hall–Kier alpha value is -3.44. The van der Waals surface area contributed by atoms with Crippen molar-refractivity contribution in [2.24, 2.45) is 0 Å². The van der Waals surface area contributed by atoms with Gasteiger partial charge in [0.25, 0.3) is 5.91 Å². The van der Waals surface area contributed by atoms with E-state index in [0.29, 0.717) is 26.7 Å². The maximum Gasteiger partial charge on any atom is 0.323 e. The molecule has 0 bridgehead atoms. The van der Waals surface area contributed by atoms with Gasteiger partial charge >= 0.3 is 5.97 Å². The van der Waals surface area contributed by atoms with E-state index < -0.39 is 42.5 Å². The zero-order valence-electron chi connectivity index (χ0n) is 18.2. The fraction of sp³-hybridized carbons (Fsp3) is 0.192. The molecule has 3 aromatic carbocycles. The Morgan fingerprint density at radius 1 is 1.03 bits per heavy atom. The van der Waals surface area contributed by atoms with Gasteiger partial charge in [0.1, 0.15) is 24.6 Å². The molecule has 3 aromatic rings. The molecule has 1 aliphatic heterocycles. The second kappa shape index (κ2) is 10.4. The van der Waals surface area contributed by atoms with Gasteiger partial charge in [0.2, 0.25) is 0 Å². The number of aliphatic carboxylic acids is 1. The standard InChI is InChI=1S/C26H19Cl2FN2O4/c27-19-6-1-15(2-7-19)24-25(16-3-8-20(28)9-4-16)35-22(26(34)31(24)14-23(32)33)12-17-5-10-21(29)11-18(17)13-30/h1-11,22,24-25H,12,14H2,(H,32,33)/t22-,24?,25?/m0/s1. The van der Waals surface area contributed by atoms with E-state index in [1.165, 1.54) is 17.0 Å². The van der Waals surface area contributed by atoms with Crippen LogP contribution in [0.3, 0.4) is 0 Å². The van der Waals surface area contributed by atoms with Crippen molar-refractivity contribution >= 4 is 35.1 Å². The predicted molar refractivity (Wildman–Crippen MR) is 127 cm³/mol. The minimum atomic E-state index is -1.19. The molecule has 0 spiro atoms. The van der Waals surface area contributed by atoms with Crippen LogP contribution in [0, 0.1) is 17.1 Å². The lowest BCUT2D eigenvalue weighted by atomic mass is 9.90. The van der Waals surface area contributed by atoms with Crippen LogP contribution < -0.4 is 0 Å². The van der Waals surface area contributed by atoms with Gasteiger partial charge < -0.3 is 14.7 Å². The van der Waals surface area contributed by atoms with Crippen molar-refractivity contribution in [3.63, 3.8) is 0 Å². The third kappa shape index (κ3) is 5.46. The Labute approximate surface area is 211 Å². The van der Waals surface area contributed by atoms with E-state index in [-0.39, 0.29) is 12.0 Å². The van der Waals surface area contributed by atoms with E-state index in [9.17, 15) is 24.3 Å². The Kier molecular flexibility index (Phi) is 7.37. The molecule has 1 saturated heterocycles. The van der Waals surface area contributed by atoms with Crippen LogP contribution in [0.5, 0.6) is 0 Å². The summed E-state index contributed by atoms with van der Waals surface area (Å²) in [6.45, 7) is -0.565. The summed E-state index contributed by atoms with van der Waals surface area (Å²) in [4.78, 5) is 26.6. The van der Waals surface area contributed by atoms with Gasteiger partial charge in [0.15, 0.2) is 0 Å². The largest absolute Gasteiger partial charge is 0.480 e. The zero-order chi connectivity index (χ0) is 25.1. The number of morpholine rings is 1. The Morgan fingerprint density at radius 3 is 2.20 bits per heavy atom. The molecule has 9 heteroatoms. The van der Waals surface area contributed by atoms with E-state index in [2.05, 4.69) is 0 Å². The van der Waals surface area contributed by atoms with Crippen LogP contribution in [0.1, 0.15) is 34.4 Å². The molecule has 0 aromatic heterocycles. The van der Waals surface area contributed by atoms with Gasteiger partial charge in [-0.05, 0) is 53.1 Å². The van der Waals surface area contributed by atoms with Crippen LogP contribution in [0.25, 0.3) is 0 Å². The number of hydrogen-bond acceptors (Lipinski definition) is 4. The van der Waals surface area contributed by atoms with E-state index in [0.717, 1.165) is 6.07 Å². The van der Waals surface area contributed by atoms with Crippen LogP contribution >= 0.6 is 23.2 Å². The lowest BCUT2D eigenvalue weighted by Gasteiger charge is -2.44. The molecular weight excluding hydrogens is 494 g/mol. The minimum Gasteiger partial charge on any atom is -0.480 e. The smallest absolute Gasteiger partial charge is 0.323 e. The van der Waals surface area contributed by atoms with Crippen LogP contribution in [0.2, 0.25) is 10.0 Å². The number of carboxylic acid groups (broad SMARTS) is 1. The van der Waals surface area contributed by atoms with Gasteiger partial charge in [-0.2, -0.15) is 5.26 Å². The summed E-state index contributed by atoms with van der Waals surface area (Å²) in [6.07, 6.45) is -1.88. The normalized spacial score (nSPS) is 19.9. The number of rotatable bonds is 6. The molecule has 1 N–H and O–H groups in total. The molecule has 1 heterocycles. The van der Waals surface area contributed by atoms with Crippen molar-refractivity contribution in [1.82, 2.24) is 4.90 Å². The SMILES string of the molecule is N#Cc1cc(F)ccc1C[C@@H]1OC(c2ccc(Cl)cc2)C(c2ccc(Cl)cc2)N(CC(=O)O)C1=O. The summed E-state index contributed by atoms with van der Waals surface area (Å²) in [5, 5.41) is 20.0. The highest BCUT2D eigenvalue weighted by Crippen LogP contribution is 2.43. The molecule has 178 valence electrons. The first-order chi connectivity index (χ1) is 16.8. The van der Waals surface area contributed by atoms with Gasteiger partial charge in [0.05, 0.1) is 17.7 Å². The first kappa shape index (κ1) is 24.7. The Bertz CT molecular complexity index is 1290. The molecule has 1 amide bonds. The maximum absolute atomic E-state index is 13.6. The van der Waals surface area contributed by atoms with Crippen molar-refractivity contribution in [3.05, 3.63) is 105 Å². The van der Waals surface area contributed by atoms with Crippen LogP contribution in [0.15, 0.2) is 66.7 Å². The molecule has 35 heavy (non-hydrogen) atoms. The average molecular weight is 513 g/mol. The summed E-state index contributed by atoms with van der Waals surface area (Å²) in [5.74, 6) is -2.31. The Balaban J connectivity index is 1.80. The summed E-state index contributed by atoms with van der Waals surface area (Å²) >= 11 is 12.1. The van der Waals surface area contributed by atoms with Gasteiger partial charge in [-0.1, -0.05) is 53.5 Å². The highest BCUT2D eigenvalue weighted by molar-refractivity contribution is 6.30. The number of carbonyl (C=O) groups is 2. The molecule has 0 aliphatic carbocycles. The molecule has 3 atom stereocenters. The van der Waals surface area contributed by atoms with E-state index in [1.807, 2.05) is 6.07 Å². The quantitative estimate of drug-likeness (QED) is 0.481. The fourth-order valence-electron chi connectivity index (χ4n) is 4.21. The van der Waals surface area contributed by atoms with Gasteiger partial charge in [-0.25, -0.2) is 4.39 Å². The number of hydrogen-bond donors (Lipinski definition) is 1. The van der Waals surface area contributed by atoms with Gasteiger partial charge in [-0.15, -0.1) is 0 Å². The summed E-state index contributed by atoms with van der Waals surface area (Å²) in [5.41, 5.74) is 1.82. The summed E-state index contributed by atoms with van der Waals surface area (Å²) in [7, 11) is 0. The van der Waals surface area contributed by atoms with Crippen molar-refractivity contribution < 1.29 is 23.8 Å². The molecule has 0 saturated carbocycles. The Morgan fingerprint density at radius 2 is 1.63 bits per heavy atom. The number of nitrogens with zero attached hydrogens (tertiary/aromatic N) is 2. The fourth-order valence-corrected chi connectivity index (χ4v) is 4.46. The third-order valence-electron chi connectivity index (χ3n) is 5.81. The average Bonchev–Trinajstić information content (AvgIpc) is 2.83. The van der Waals surface area contributed by atoms with E-state index >= 15 is 0 Å². The number of carbonyl (C=O) groups excluding carboxylic acids is 1. The highest BCUT2D eigenvalue weighted by atomic mass is 35.5. The molecule has 2 unspecified atom stereocenters. The molecular formula is C26H19Cl2FN2O4. The molecule has 1 aliphatic rings. The van der Waals surface area contributed by atoms with Crippen LogP contribution in [0.4, 0.5) is 4.39 Å². The second-order valence-electron chi connectivity index (χ2n) is 8.07. The maximum atomic E-state index is 13.6. The summed E-state index contributed by atoms with van der Waals surface area (Å²) in [6, 6.07) is 18.5. The van der Waals surface area contributed by atoms with Crippen molar-refractivity contribution in [2.75, 3.05) is 6.54 Å². The number of ether oxygens (including phenoxy) is 1. The monoisotopic (exact) mass is 512 g/mol. The third-order valence-corrected chi connectivity index (χ3v) is 6.31. The molecule has 1 fully saturated rings. The molecule has 4 rings (SSSR count). The molecule has 0 radical (unpaired) electrons. The van der Waals surface area contributed by atoms with E-state index in [1.54, 1.807) is 48.5 Å². The summed E-state index contributed by atoms with van der Waals surface area (Å²) < 4.78 is 19.9. The lowest BCUT2D eigenvalue weighted by Crippen LogP contribution is -2.53. The van der Waals surface area contributed by atoms with Gasteiger partial charge in [0, 0.05) is 16.5 Å². The predicted octanol–water partition coefficient (Wildman–Crippen LogP) is 5.34. The van der Waals surface area contributed by atoms with Crippen molar-refractivity contribution in [1.29, 1.82) is 5.26 Å².